The maximum absolute atomic E-state index is 13.4. The van der Waals surface area contributed by atoms with Gasteiger partial charge in [0.1, 0.15) is 23.1 Å². The van der Waals surface area contributed by atoms with Crippen LogP contribution in [0.3, 0.4) is 0 Å². The summed E-state index contributed by atoms with van der Waals surface area (Å²) in [7, 11) is 0. The number of benzene rings is 3. The molecule has 0 bridgehead atoms. The molecule has 196 valence electrons. The van der Waals surface area contributed by atoms with Gasteiger partial charge >= 0.3 is 12.1 Å². The molecule has 1 aliphatic rings. The van der Waals surface area contributed by atoms with E-state index in [4.69, 9.17) is 29.0 Å². The van der Waals surface area contributed by atoms with E-state index < -0.39 is 24.3 Å². The summed E-state index contributed by atoms with van der Waals surface area (Å²) in [6, 6.07) is 15.3. The van der Waals surface area contributed by atoms with Gasteiger partial charge in [-0.25, -0.2) is 9.78 Å². The normalized spacial score (nSPS) is 12.4. The number of ether oxygens (including phenoxy) is 4. The Kier molecular flexibility index (Phi) is 6.85. The second-order valence-electron chi connectivity index (χ2n) is 8.33. The van der Waals surface area contributed by atoms with Crippen LogP contribution in [0.4, 0.5) is 13.2 Å². The van der Waals surface area contributed by atoms with E-state index in [0.29, 0.717) is 55.3 Å². The Morgan fingerprint density at radius 3 is 2.61 bits per heavy atom. The molecule has 1 aromatic heterocycles. The van der Waals surface area contributed by atoms with Crippen molar-refractivity contribution in [3.8, 4) is 44.7 Å². The summed E-state index contributed by atoms with van der Waals surface area (Å²) in [4.78, 5) is 16.0. The fourth-order valence-corrected chi connectivity index (χ4v) is 4.85. The number of alkyl halides is 3. The van der Waals surface area contributed by atoms with Crippen LogP contribution in [0.25, 0.3) is 21.7 Å². The first-order chi connectivity index (χ1) is 18.2. The van der Waals surface area contributed by atoms with Crippen molar-refractivity contribution in [2.75, 3.05) is 13.4 Å². The van der Waals surface area contributed by atoms with Gasteiger partial charge < -0.3 is 24.1 Å². The van der Waals surface area contributed by atoms with Crippen LogP contribution >= 0.6 is 11.3 Å². The molecule has 4 aromatic rings. The number of carboxylic acid groups (broad SMARTS) is 1. The first-order valence-corrected chi connectivity index (χ1v) is 12.1. The van der Waals surface area contributed by atoms with Crippen molar-refractivity contribution in [1.29, 1.82) is 0 Å². The fourth-order valence-electron chi connectivity index (χ4n) is 3.86. The van der Waals surface area contributed by atoms with E-state index >= 15 is 0 Å². The number of halogens is 3. The molecule has 0 spiro atoms. The van der Waals surface area contributed by atoms with Gasteiger partial charge in [0.05, 0.1) is 16.1 Å². The standard InChI is InChI=1S/C27H20F3NO6S/c1-15-9-19(6-8-20(15)35-13-24(32)33)34-12-23-31-25(16-5-7-21-22(11-16)37-14-36-21)26(38-23)17-3-2-4-18(10-17)27(28,29)30/h2-11H,12-14H2,1H3,(H,32,33). The summed E-state index contributed by atoms with van der Waals surface area (Å²) in [5.41, 5.74) is 1.49. The van der Waals surface area contributed by atoms with Crippen LogP contribution in [0.15, 0.2) is 60.7 Å². The molecule has 0 atom stereocenters. The molecule has 2 heterocycles. The summed E-state index contributed by atoms with van der Waals surface area (Å²) in [6.07, 6.45) is -4.48. The molecule has 1 N–H and O–H groups in total. The highest BCUT2D eigenvalue weighted by molar-refractivity contribution is 7.15. The van der Waals surface area contributed by atoms with Gasteiger partial charge in [0, 0.05) is 5.56 Å². The van der Waals surface area contributed by atoms with Gasteiger partial charge in [-0.1, -0.05) is 12.1 Å². The minimum atomic E-state index is -4.48. The van der Waals surface area contributed by atoms with E-state index in [1.807, 2.05) is 0 Å². The monoisotopic (exact) mass is 543 g/mol. The number of hydrogen-bond donors (Lipinski definition) is 1. The van der Waals surface area contributed by atoms with E-state index in [0.717, 1.165) is 12.1 Å². The van der Waals surface area contributed by atoms with Gasteiger partial charge in [-0.2, -0.15) is 13.2 Å². The van der Waals surface area contributed by atoms with Crippen molar-refractivity contribution in [3.63, 3.8) is 0 Å². The van der Waals surface area contributed by atoms with Crippen LogP contribution < -0.4 is 18.9 Å². The molecule has 5 rings (SSSR count). The van der Waals surface area contributed by atoms with E-state index in [2.05, 4.69) is 0 Å². The molecule has 11 heteroatoms. The summed E-state index contributed by atoms with van der Waals surface area (Å²) in [5.74, 6) is 0.961. The predicted molar refractivity (Wildman–Crippen MR) is 133 cm³/mol. The Hall–Kier alpha value is -4.25. The molecule has 0 fully saturated rings. The Bertz CT molecular complexity index is 1500. The third kappa shape index (κ3) is 5.52. The zero-order valence-electron chi connectivity index (χ0n) is 19.9. The van der Waals surface area contributed by atoms with Crippen LogP contribution in [0.5, 0.6) is 23.0 Å². The van der Waals surface area contributed by atoms with Crippen LogP contribution in [0.1, 0.15) is 16.1 Å². The maximum atomic E-state index is 13.4. The zero-order valence-corrected chi connectivity index (χ0v) is 20.7. The van der Waals surface area contributed by atoms with Crippen molar-refractivity contribution < 1.29 is 42.0 Å². The first-order valence-electron chi connectivity index (χ1n) is 11.3. The molecule has 38 heavy (non-hydrogen) atoms. The van der Waals surface area contributed by atoms with Crippen molar-refractivity contribution in [1.82, 2.24) is 4.98 Å². The quantitative estimate of drug-likeness (QED) is 0.269. The summed E-state index contributed by atoms with van der Waals surface area (Å²) < 4.78 is 62.2. The van der Waals surface area contributed by atoms with E-state index in [-0.39, 0.29) is 13.4 Å². The number of fused-ring (bicyclic) bond motifs is 1. The molecule has 0 saturated carbocycles. The number of carboxylic acids is 1. The molecule has 0 unspecified atom stereocenters. The SMILES string of the molecule is Cc1cc(OCc2nc(-c3ccc4c(c3)OCO4)c(-c3cccc(C(F)(F)F)c3)s2)ccc1OCC(=O)O. The Morgan fingerprint density at radius 1 is 1.03 bits per heavy atom. The van der Waals surface area contributed by atoms with Gasteiger partial charge in [0.25, 0.3) is 0 Å². The first kappa shape index (κ1) is 25.4. The van der Waals surface area contributed by atoms with Crippen molar-refractivity contribution in [2.24, 2.45) is 0 Å². The van der Waals surface area contributed by atoms with Gasteiger partial charge in [-0.05, 0) is 66.6 Å². The number of thiazole rings is 1. The Labute approximate surface area is 219 Å². The van der Waals surface area contributed by atoms with E-state index in [9.17, 15) is 18.0 Å². The largest absolute Gasteiger partial charge is 0.486 e. The third-order valence-corrected chi connectivity index (χ3v) is 6.71. The van der Waals surface area contributed by atoms with Crippen molar-refractivity contribution in [2.45, 2.75) is 19.7 Å². The average molecular weight is 544 g/mol. The van der Waals surface area contributed by atoms with Crippen LogP contribution in [-0.2, 0) is 17.6 Å². The molecule has 0 amide bonds. The summed E-state index contributed by atoms with van der Waals surface area (Å²) >= 11 is 1.23. The molecule has 0 aliphatic carbocycles. The van der Waals surface area contributed by atoms with Gasteiger partial charge in [0.15, 0.2) is 18.1 Å². The number of carbonyl (C=O) groups is 1. The lowest BCUT2D eigenvalue weighted by Crippen LogP contribution is -2.10. The number of aryl methyl sites for hydroxylation is 1. The van der Waals surface area contributed by atoms with E-state index in [1.165, 1.54) is 17.4 Å². The summed E-state index contributed by atoms with van der Waals surface area (Å²) in [6.45, 7) is 1.46. The molecule has 0 radical (unpaired) electrons. The number of aliphatic carboxylic acids is 1. The third-order valence-electron chi connectivity index (χ3n) is 5.63. The van der Waals surface area contributed by atoms with Gasteiger partial charge in [-0.3, -0.25) is 0 Å². The predicted octanol–water partition coefficient (Wildman–Crippen LogP) is 6.58. The van der Waals surface area contributed by atoms with Crippen LogP contribution in [-0.4, -0.2) is 29.5 Å². The fraction of sp³-hybridized carbons (Fsp3) is 0.185. The van der Waals surface area contributed by atoms with Gasteiger partial charge in [0.2, 0.25) is 6.79 Å². The zero-order chi connectivity index (χ0) is 26.9. The number of aromatic nitrogens is 1. The van der Waals surface area contributed by atoms with Crippen LogP contribution in [0.2, 0.25) is 0 Å². The van der Waals surface area contributed by atoms with Crippen molar-refractivity contribution >= 4 is 17.3 Å². The lowest BCUT2D eigenvalue weighted by atomic mass is 10.0. The Morgan fingerprint density at radius 2 is 1.84 bits per heavy atom. The lowest BCUT2D eigenvalue weighted by molar-refractivity contribution is -0.139. The highest BCUT2D eigenvalue weighted by Gasteiger charge is 2.31. The topological polar surface area (TPSA) is 87.1 Å². The second kappa shape index (κ2) is 10.3. The van der Waals surface area contributed by atoms with Crippen molar-refractivity contribution in [3.05, 3.63) is 76.8 Å². The number of rotatable bonds is 8. The molecule has 3 aromatic carbocycles. The minimum Gasteiger partial charge on any atom is -0.486 e. The van der Waals surface area contributed by atoms with E-state index in [1.54, 1.807) is 49.4 Å². The highest BCUT2D eigenvalue weighted by atomic mass is 32.1. The number of nitrogens with zero attached hydrogens (tertiary/aromatic N) is 1. The van der Waals surface area contributed by atoms with Crippen LogP contribution in [0, 0.1) is 6.92 Å². The Balaban J connectivity index is 1.45. The molecule has 0 saturated heterocycles. The molecule has 7 nitrogen and oxygen atoms in total. The smallest absolute Gasteiger partial charge is 0.416 e. The maximum Gasteiger partial charge on any atom is 0.416 e. The summed E-state index contributed by atoms with van der Waals surface area (Å²) in [5, 5.41) is 9.35. The molecular weight excluding hydrogens is 523 g/mol. The minimum absolute atomic E-state index is 0.0654. The second-order valence-corrected chi connectivity index (χ2v) is 9.41. The molecule has 1 aliphatic heterocycles. The number of hydrogen-bond acceptors (Lipinski definition) is 7. The lowest BCUT2D eigenvalue weighted by Gasteiger charge is -2.09. The molecular formula is C27H20F3NO6S. The van der Waals surface area contributed by atoms with Gasteiger partial charge in [-0.15, -0.1) is 11.3 Å². The highest BCUT2D eigenvalue weighted by Crippen LogP contribution is 2.42. The average Bonchev–Trinajstić information content (AvgIpc) is 3.53.